The zero-order valence-corrected chi connectivity index (χ0v) is 16.2. The fourth-order valence-electron chi connectivity index (χ4n) is 3.69. The van der Waals surface area contributed by atoms with E-state index < -0.39 is 5.82 Å². The highest BCUT2D eigenvalue weighted by atomic mass is 19.1. The Hall–Kier alpha value is -3.28. The van der Waals surface area contributed by atoms with Gasteiger partial charge in [0.05, 0.1) is 7.11 Å². The molecule has 4 rings (SSSR count). The normalized spacial score (nSPS) is 16.5. The van der Waals surface area contributed by atoms with Crippen LogP contribution in [0.25, 0.3) is 11.4 Å². The molecule has 6 heteroatoms. The second-order valence-electron chi connectivity index (χ2n) is 7.13. The minimum Gasteiger partial charge on any atom is -0.497 e. The molecule has 0 saturated carbocycles. The van der Waals surface area contributed by atoms with Gasteiger partial charge >= 0.3 is 0 Å². The molecule has 1 aliphatic heterocycles. The van der Waals surface area contributed by atoms with Crippen molar-refractivity contribution in [3.8, 4) is 17.1 Å². The van der Waals surface area contributed by atoms with Crippen molar-refractivity contribution in [2.75, 3.05) is 20.2 Å². The molecule has 0 N–H and O–H groups in total. The first kappa shape index (κ1) is 19.1. The molecule has 148 valence electrons. The van der Waals surface area contributed by atoms with E-state index in [-0.39, 0.29) is 11.8 Å². The summed E-state index contributed by atoms with van der Waals surface area (Å²) in [7, 11) is 1.63. The van der Waals surface area contributed by atoms with Gasteiger partial charge in [-0.1, -0.05) is 6.07 Å². The topological polar surface area (TPSA) is 55.3 Å². The van der Waals surface area contributed by atoms with Crippen molar-refractivity contribution in [2.24, 2.45) is 0 Å². The molecule has 1 amide bonds. The Bertz CT molecular complexity index is 1010. The number of halogens is 1. The summed E-state index contributed by atoms with van der Waals surface area (Å²) in [6.07, 6.45) is 3.59. The quantitative estimate of drug-likeness (QED) is 0.665. The maximum Gasteiger partial charge on any atom is 0.253 e. The van der Waals surface area contributed by atoms with Gasteiger partial charge in [0.2, 0.25) is 0 Å². The van der Waals surface area contributed by atoms with E-state index in [0.29, 0.717) is 24.5 Å². The van der Waals surface area contributed by atoms with Gasteiger partial charge in [-0.05, 0) is 61.4 Å². The van der Waals surface area contributed by atoms with Gasteiger partial charge in [-0.3, -0.25) is 4.79 Å². The second kappa shape index (κ2) is 8.39. The summed E-state index contributed by atoms with van der Waals surface area (Å²) in [4.78, 5) is 23.7. The third-order valence-electron chi connectivity index (χ3n) is 5.22. The maximum atomic E-state index is 13.5. The molecule has 1 aromatic heterocycles. The number of amides is 1. The van der Waals surface area contributed by atoms with Gasteiger partial charge in [0.25, 0.3) is 5.91 Å². The average molecular weight is 391 g/mol. The first-order valence-electron chi connectivity index (χ1n) is 9.66. The van der Waals surface area contributed by atoms with Crippen LogP contribution < -0.4 is 4.74 Å². The van der Waals surface area contributed by atoms with Crippen LogP contribution in [0.1, 0.15) is 34.8 Å². The molecule has 0 spiro atoms. The van der Waals surface area contributed by atoms with Crippen LogP contribution in [0, 0.1) is 5.82 Å². The van der Waals surface area contributed by atoms with Crippen molar-refractivity contribution < 1.29 is 13.9 Å². The van der Waals surface area contributed by atoms with Crippen LogP contribution in [0.5, 0.6) is 5.75 Å². The van der Waals surface area contributed by atoms with Gasteiger partial charge in [0.1, 0.15) is 11.6 Å². The van der Waals surface area contributed by atoms with Crippen LogP contribution >= 0.6 is 0 Å². The Balaban J connectivity index is 1.53. The van der Waals surface area contributed by atoms with Crippen LogP contribution in [0.3, 0.4) is 0 Å². The number of carbonyl (C=O) groups excluding carboxylic acids is 1. The summed E-state index contributed by atoms with van der Waals surface area (Å²) in [5.41, 5.74) is 2.21. The van der Waals surface area contributed by atoms with Crippen LogP contribution in [0.15, 0.2) is 60.8 Å². The smallest absolute Gasteiger partial charge is 0.253 e. The van der Waals surface area contributed by atoms with Gasteiger partial charge in [0.15, 0.2) is 5.82 Å². The average Bonchev–Trinajstić information content (AvgIpc) is 2.79. The lowest BCUT2D eigenvalue weighted by Gasteiger charge is -2.32. The molecule has 0 radical (unpaired) electrons. The molecule has 0 bridgehead atoms. The van der Waals surface area contributed by atoms with Crippen LogP contribution in [0.4, 0.5) is 4.39 Å². The predicted octanol–water partition coefficient (Wildman–Crippen LogP) is 4.31. The highest BCUT2D eigenvalue weighted by molar-refractivity contribution is 5.94. The standard InChI is InChI=1S/C23H22FN3O2/c1-29-20-9-7-16(8-10-20)22-25-12-11-21(26-22)18-5-3-13-27(15-18)23(28)17-4-2-6-19(24)14-17/h2,4,6-12,14,18H,3,5,13,15H2,1H3. The van der Waals surface area contributed by atoms with E-state index in [1.165, 1.54) is 12.1 Å². The number of benzene rings is 2. The van der Waals surface area contributed by atoms with Crippen LogP contribution in [0.2, 0.25) is 0 Å². The van der Waals surface area contributed by atoms with E-state index in [4.69, 9.17) is 9.72 Å². The number of hydrogen-bond donors (Lipinski definition) is 0. The summed E-state index contributed by atoms with van der Waals surface area (Å²) in [6, 6.07) is 15.4. The van der Waals surface area contributed by atoms with E-state index in [0.717, 1.165) is 29.8 Å². The number of aromatic nitrogens is 2. The van der Waals surface area contributed by atoms with Crippen LogP contribution in [-0.4, -0.2) is 41.0 Å². The molecule has 2 aromatic carbocycles. The Morgan fingerprint density at radius 1 is 1.17 bits per heavy atom. The Morgan fingerprint density at radius 2 is 2.00 bits per heavy atom. The summed E-state index contributed by atoms with van der Waals surface area (Å²) >= 11 is 0. The van der Waals surface area contributed by atoms with Gasteiger partial charge in [-0.2, -0.15) is 0 Å². The lowest BCUT2D eigenvalue weighted by Crippen LogP contribution is -2.39. The van der Waals surface area contributed by atoms with E-state index in [9.17, 15) is 9.18 Å². The van der Waals surface area contributed by atoms with Crippen molar-refractivity contribution in [1.29, 1.82) is 0 Å². The number of methoxy groups -OCH3 is 1. The SMILES string of the molecule is COc1ccc(-c2nccc(C3CCCN(C(=O)c4cccc(F)c4)C3)n2)cc1. The molecule has 1 atom stereocenters. The number of ether oxygens (including phenoxy) is 1. The number of carbonyl (C=O) groups is 1. The third kappa shape index (κ3) is 4.26. The van der Waals surface area contributed by atoms with Gasteiger partial charge in [-0.15, -0.1) is 0 Å². The number of piperidine rings is 1. The zero-order chi connectivity index (χ0) is 20.2. The highest BCUT2D eigenvalue weighted by Crippen LogP contribution is 2.28. The molecule has 3 aromatic rings. The molecule has 1 unspecified atom stereocenters. The molecule has 1 saturated heterocycles. The fraction of sp³-hybridized carbons (Fsp3) is 0.261. The Labute approximate surface area is 169 Å². The third-order valence-corrected chi connectivity index (χ3v) is 5.22. The molecule has 5 nitrogen and oxygen atoms in total. The summed E-state index contributed by atoms with van der Waals surface area (Å²) < 4.78 is 18.7. The van der Waals surface area contributed by atoms with Crippen molar-refractivity contribution in [1.82, 2.24) is 14.9 Å². The molecular formula is C23H22FN3O2. The van der Waals surface area contributed by atoms with Gasteiger partial charge in [-0.25, -0.2) is 14.4 Å². The fourth-order valence-corrected chi connectivity index (χ4v) is 3.69. The van der Waals surface area contributed by atoms with Crippen molar-refractivity contribution in [2.45, 2.75) is 18.8 Å². The van der Waals surface area contributed by atoms with E-state index in [2.05, 4.69) is 4.98 Å². The highest BCUT2D eigenvalue weighted by Gasteiger charge is 2.26. The largest absolute Gasteiger partial charge is 0.497 e. The number of hydrogen-bond acceptors (Lipinski definition) is 4. The van der Waals surface area contributed by atoms with E-state index >= 15 is 0 Å². The molecule has 0 aliphatic carbocycles. The number of likely N-dealkylation sites (tertiary alicyclic amines) is 1. The summed E-state index contributed by atoms with van der Waals surface area (Å²) in [5, 5.41) is 0. The minimum atomic E-state index is -0.399. The lowest BCUT2D eigenvalue weighted by atomic mass is 9.94. The maximum absolute atomic E-state index is 13.5. The molecule has 1 fully saturated rings. The molecular weight excluding hydrogens is 369 g/mol. The predicted molar refractivity (Wildman–Crippen MR) is 108 cm³/mol. The van der Waals surface area contributed by atoms with Crippen LogP contribution in [-0.2, 0) is 0 Å². The Morgan fingerprint density at radius 3 is 2.76 bits per heavy atom. The van der Waals surface area contributed by atoms with Crippen molar-refractivity contribution >= 4 is 5.91 Å². The molecule has 1 aliphatic rings. The first-order valence-corrected chi connectivity index (χ1v) is 9.66. The number of nitrogens with zero attached hydrogens (tertiary/aromatic N) is 3. The monoisotopic (exact) mass is 391 g/mol. The minimum absolute atomic E-state index is 0.126. The number of rotatable bonds is 4. The van der Waals surface area contributed by atoms with Crippen molar-refractivity contribution in [3.63, 3.8) is 0 Å². The van der Waals surface area contributed by atoms with E-state index in [1.807, 2.05) is 30.3 Å². The first-order chi connectivity index (χ1) is 14.1. The lowest BCUT2D eigenvalue weighted by molar-refractivity contribution is 0.0705. The molecule has 29 heavy (non-hydrogen) atoms. The van der Waals surface area contributed by atoms with Gasteiger partial charge < -0.3 is 9.64 Å². The summed E-state index contributed by atoms with van der Waals surface area (Å²) in [5.74, 6) is 1.02. The van der Waals surface area contributed by atoms with Gasteiger partial charge in [0, 0.05) is 42.0 Å². The molecule has 2 heterocycles. The van der Waals surface area contributed by atoms with Crippen molar-refractivity contribution in [3.05, 3.63) is 77.9 Å². The second-order valence-corrected chi connectivity index (χ2v) is 7.13. The zero-order valence-electron chi connectivity index (χ0n) is 16.2. The van der Waals surface area contributed by atoms with E-state index in [1.54, 1.807) is 30.3 Å². The Kier molecular flexibility index (Phi) is 5.51. The summed E-state index contributed by atoms with van der Waals surface area (Å²) in [6.45, 7) is 1.23.